The number of rotatable bonds is 6. The zero-order valence-electron chi connectivity index (χ0n) is 15.7. The van der Waals surface area contributed by atoms with E-state index >= 15 is 0 Å². The summed E-state index contributed by atoms with van der Waals surface area (Å²) in [4.78, 5) is 21.8. The van der Waals surface area contributed by atoms with Gasteiger partial charge >= 0.3 is 5.97 Å². The van der Waals surface area contributed by atoms with Crippen molar-refractivity contribution >= 4 is 39.0 Å². The Kier molecular flexibility index (Phi) is 5.48. The summed E-state index contributed by atoms with van der Waals surface area (Å²) in [7, 11) is 0. The first-order chi connectivity index (χ1) is 14.1. The van der Waals surface area contributed by atoms with E-state index < -0.39 is 0 Å². The van der Waals surface area contributed by atoms with E-state index in [4.69, 9.17) is 4.74 Å². The molecule has 1 N–H and O–H groups in total. The Hall–Kier alpha value is -3.32. The van der Waals surface area contributed by atoms with Gasteiger partial charge in [0.15, 0.2) is 0 Å². The Bertz CT molecular complexity index is 1140. The molecule has 2 aromatic heterocycles. The molecule has 0 saturated carbocycles. The van der Waals surface area contributed by atoms with Crippen LogP contribution in [-0.2, 0) is 16.0 Å². The summed E-state index contributed by atoms with van der Waals surface area (Å²) < 4.78 is 18.3. The summed E-state index contributed by atoms with van der Waals surface area (Å²) in [6.45, 7) is 2.06. The number of benzene rings is 2. The summed E-state index contributed by atoms with van der Waals surface area (Å²) in [5.74, 6) is 0.259. The number of hydrogen-bond acceptors (Lipinski definition) is 6. The van der Waals surface area contributed by atoms with E-state index in [0.717, 1.165) is 21.3 Å². The molecule has 0 bridgehead atoms. The standard InChI is InChI=1S/C22H18FN3O2S/c1-2-28-19(27)12-18-25-21(24-16-10-8-15(23)9-11-16)20-17(13-29-22(20)26-18)14-6-4-3-5-7-14/h3-11,13H,2,12H2,1H3,(H,24,25,26). The summed E-state index contributed by atoms with van der Waals surface area (Å²) in [5, 5.41) is 6.14. The Labute approximate surface area is 171 Å². The van der Waals surface area contributed by atoms with Gasteiger partial charge in [0, 0.05) is 16.6 Å². The van der Waals surface area contributed by atoms with Crippen LogP contribution in [0.5, 0.6) is 0 Å². The molecule has 0 aliphatic heterocycles. The predicted molar refractivity (Wildman–Crippen MR) is 113 cm³/mol. The third-order valence-electron chi connectivity index (χ3n) is 4.28. The molecule has 0 atom stereocenters. The molecular formula is C22H18FN3O2S. The number of nitrogens with zero attached hydrogens (tertiary/aromatic N) is 2. The van der Waals surface area contributed by atoms with Gasteiger partial charge in [-0.3, -0.25) is 4.79 Å². The average molecular weight is 407 g/mol. The molecule has 7 heteroatoms. The molecule has 4 rings (SSSR count). The van der Waals surface area contributed by atoms with Crippen LogP contribution >= 0.6 is 11.3 Å². The van der Waals surface area contributed by atoms with Gasteiger partial charge in [-0.25, -0.2) is 14.4 Å². The van der Waals surface area contributed by atoms with Crippen LogP contribution in [0.15, 0.2) is 60.0 Å². The smallest absolute Gasteiger partial charge is 0.313 e. The van der Waals surface area contributed by atoms with Gasteiger partial charge in [-0.1, -0.05) is 30.3 Å². The van der Waals surface area contributed by atoms with Gasteiger partial charge in [-0.2, -0.15) is 0 Å². The number of ether oxygens (including phenoxy) is 1. The monoisotopic (exact) mass is 407 g/mol. The SMILES string of the molecule is CCOC(=O)Cc1nc(Nc2ccc(F)cc2)c2c(-c3ccccc3)csc2n1. The lowest BCUT2D eigenvalue weighted by atomic mass is 10.1. The minimum atomic E-state index is -0.376. The van der Waals surface area contributed by atoms with Crippen molar-refractivity contribution in [2.75, 3.05) is 11.9 Å². The second-order valence-corrected chi connectivity index (χ2v) is 7.16. The fourth-order valence-electron chi connectivity index (χ4n) is 3.00. The van der Waals surface area contributed by atoms with E-state index in [-0.39, 0.29) is 18.2 Å². The van der Waals surface area contributed by atoms with E-state index in [1.54, 1.807) is 19.1 Å². The van der Waals surface area contributed by atoms with Crippen molar-refractivity contribution in [3.8, 4) is 11.1 Å². The van der Waals surface area contributed by atoms with Crippen LogP contribution < -0.4 is 5.32 Å². The fourth-order valence-corrected chi connectivity index (χ4v) is 3.96. The van der Waals surface area contributed by atoms with Gasteiger partial charge in [0.2, 0.25) is 0 Å². The van der Waals surface area contributed by atoms with Gasteiger partial charge in [0.25, 0.3) is 0 Å². The number of hydrogen-bond donors (Lipinski definition) is 1. The van der Waals surface area contributed by atoms with Crippen molar-refractivity contribution in [2.24, 2.45) is 0 Å². The Balaban J connectivity index is 1.82. The van der Waals surface area contributed by atoms with E-state index in [2.05, 4.69) is 15.3 Å². The minimum Gasteiger partial charge on any atom is -0.466 e. The largest absolute Gasteiger partial charge is 0.466 e. The topological polar surface area (TPSA) is 64.1 Å². The van der Waals surface area contributed by atoms with Crippen LogP contribution in [0.3, 0.4) is 0 Å². The van der Waals surface area contributed by atoms with Gasteiger partial charge in [0.05, 0.1) is 12.0 Å². The van der Waals surface area contributed by atoms with E-state index in [1.165, 1.54) is 23.5 Å². The van der Waals surface area contributed by atoms with Crippen LogP contribution in [0.1, 0.15) is 12.7 Å². The Morgan fingerprint density at radius 3 is 2.59 bits per heavy atom. The number of thiophene rings is 1. The third kappa shape index (κ3) is 4.25. The number of halogens is 1. The highest BCUT2D eigenvalue weighted by Crippen LogP contribution is 2.38. The molecule has 0 aliphatic carbocycles. The van der Waals surface area contributed by atoms with Crippen molar-refractivity contribution < 1.29 is 13.9 Å². The number of esters is 1. The Morgan fingerprint density at radius 1 is 1.10 bits per heavy atom. The molecular weight excluding hydrogens is 389 g/mol. The lowest BCUT2D eigenvalue weighted by Gasteiger charge is -2.11. The number of fused-ring (bicyclic) bond motifs is 1. The first-order valence-corrected chi connectivity index (χ1v) is 10.0. The maximum absolute atomic E-state index is 13.3. The molecule has 0 aliphatic rings. The minimum absolute atomic E-state index is 0.0134. The number of aromatic nitrogens is 2. The molecule has 0 radical (unpaired) electrons. The quantitative estimate of drug-likeness (QED) is 0.437. The average Bonchev–Trinajstić information content (AvgIpc) is 3.15. The van der Waals surface area contributed by atoms with Crippen LogP contribution in [0.2, 0.25) is 0 Å². The first-order valence-electron chi connectivity index (χ1n) is 9.16. The summed E-state index contributed by atoms with van der Waals surface area (Å²) in [6, 6.07) is 16.0. The number of nitrogens with one attached hydrogen (secondary N) is 1. The zero-order valence-corrected chi connectivity index (χ0v) is 16.5. The third-order valence-corrected chi connectivity index (χ3v) is 5.15. The van der Waals surface area contributed by atoms with Crippen LogP contribution in [0, 0.1) is 5.82 Å². The van der Waals surface area contributed by atoms with Crippen molar-refractivity contribution in [3.05, 3.63) is 71.6 Å². The lowest BCUT2D eigenvalue weighted by molar-refractivity contribution is -0.142. The summed E-state index contributed by atoms with van der Waals surface area (Å²) >= 11 is 1.49. The second kappa shape index (κ2) is 8.36. The highest BCUT2D eigenvalue weighted by Gasteiger charge is 2.17. The molecule has 2 aromatic carbocycles. The molecule has 0 fully saturated rings. The molecule has 0 amide bonds. The van der Waals surface area contributed by atoms with Gasteiger partial charge in [-0.05, 0) is 36.8 Å². The second-order valence-electron chi connectivity index (χ2n) is 6.30. The predicted octanol–water partition coefficient (Wildman–Crippen LogP) is 5.35. The van der Waals surface area contributed by atoms with Crippen molar-refractivity contribution in [3.63, 3.8) is 0 Å². The fraction of sp³-hybridized carbons (Fsp3) is 0.136. The number of carbonyl (C=O) groups is 1. The van der Waals surface area contributed by atoms with Crippen molar-refractivity contribution in [1.82, 2.24) is 9.97 Å². The van der Waals surface area contributed by atoms with Crippen LogP contribution in [-0.4, -0.2) is 22.5 Å². The maximum atomic E-state index is 13.3. The molecule has 0 saturated heterocycles. The number of anilines is 2. The molecule has 0 unspecified atom stereocenters. The highest BCUT2D eigenvalue weighted by atomic mass is 32.1. The van der Waals surface area contributed by atoms with E-state index in [0.29, 0.717) is 23.9 Å². The van der Waals surface area contributed by atoms with Gasteiger partial charge in [0.1, 0.15) is 28.7 Å². The highest BCUT2D eigenvalue weighted by molar-refractivity contribution is 7.17. The van der Waals surface area contributed by atoms with E-state index in [1.807, 2.05) is 35.7 Å². The Morgan fingerprint density at radius 2 is 1.86 bits per heavy atom. The van der Waals surface area contributed by atoms with Crippen molar-refractivity contribution in [1.29, 1.82) is 0 Å². The zero-order chi connectivity index (χ0) is 20.2. The molecule has 0 spiro atoms. The molecule has 4 aromatic rings. The maximum Gasteiger partial charge on any atom is 0.313 e. The normalized spacial score (nSPS) is 10.8. The van der Waals surface area contributed by atoms with Crippen LogP contribution in [0.25, 0.3) is 21.3 Å². The molecule has 2 heterocycles. The molecule has 146 valence electrons. The summed E-state index contributed by atoms with van der Waals surface area (Å²) in [5.41, 5.74) is 2.74. The molecule has 29 heavy (non-hydrogen) atoms. The van der Waals surface area contributed by atoms with Gasteiger partial charge < -0.3 is 10.1 Å². The van der Waals surface area contributed by atoms with Crippen LogP contribution in [0.4, 0.5) is 15.9 Å². The first kappa shape index (κ1) is 19.0. The lowest BCUT2D eigenvalue weighted by Crippen LogP contribution is -2.11. The summed E-state index contributed by atoms with van der Waals surface area (Å²) in [6.07, 6.45) is -0.0134. The number of carbonyl (C=O) groups excluding carboxylic acids is 1. The van der Waals surface area contributed by atoms with Gasteiger partial charge in [-0.15, -0.1) is 11.3 Å². The van der Waals surface area contributed by atoms with E-state index in [9.17, 15) is 9.18 Å². The van der Waals surface area contributed by atoms with Crippen molar-refractivity contribution in [2.45, 2.75) is 13.3 Å². The molecule has 5 nitrogen and oxygen atoms in total.